The van der Waals surface area contributed by atoms with Gasteiger partial charge in [0.25, 0.3) is 5.91 Å². The number of carbonyl (C=O) groups excluding carboxylic acids is 1. The molecule has 8 heteroatoms. The summed E-state index contributed by atoms with van der Waals surface area (Å²) in [7, 11) is 2.12. The molecule has 5 rings (SSSR count). The molecule has 180 valence electrons. The maximum atomic E-state index is 13.0. The lowest BCUT2D eigenvalue weighted by molar-refractivity contribution is 0.102. The predicted molar refractivity (Wildman–Crippen MR) is 137 cm³/mol. The first kappa shape index (κ1) is 23.0. The molecule has 1 fully saturated rings. The van der Waals surface area contributed by atoms with Gasteiger partial charge in [0.05, 0.1) is 17.9 Å². The van der Waals surface area contributed by atoms with Crippen molar-refractivity contribution in [2.24, 2.45) is 0 Å². The predicted octanol–water partition coefficient (Wildman–Crippen LogP) is 4.80. The summed E-state index contributed by atoms with van der Waals surface area (Å²) in [5.74, 6) is 0.962. The Morgan fingerprint density at radius 2 is 1.89 bits per heavy atom. The first-order valence-electron chi connectivity index (χ1n) is 12.0. The van der Waals surface area contributed by atoms with Crippen LogP contribution in [0.1, 0.15) is 43.1 Å². The second-order valence-electron chi connectivity index (χ2n) is 9.39. The van der Waals surface area contributed by atoms with E-state index in [9.17, 15) is 4.79 Å². The van der Waals surface area contributed by atoms with E-state index in [-0.39, 0.29) is 18.1 Å². The van der Waals surface area contributed by atoms with Gasteiger partial charge in [-0.05, 0) is 64.1 Å². The van der Waals surface area contributed by atoms with Gasteiger partial charge in [-0.1, -0.05) is 6.07 Å². The molecular formula is C27H30N6O2. The minimum absolute atomic E-state index is 0.181. The van der Waals surface area contributed by atoms with Crippen molar-refractivity contribution in [3.8, 4) is 16.9 Å². The third kappa shape index (κ3) is 5.33. The minimum Gasteiger partial charge on any atom is -0.490 e. The molecule has 0 saturated carbocycles. The highest BCUT2D eigenvalue weighted by atomic mass is 16.5. The number of benzene rings is 1. The zero-order valence-corrected chi connectivity index (χ0v) is 20.3. The highest BCUT2D eigenvalue weighted by Crippen LogP contribution is 2.25. The van der Waals surface area contributed by atoms with Crippen LogP contribution >= 0.6 is 0 Å². The first-order valence-corrected chi connectivity index (χ1v) is 12.0. The van der Waals surface area contributed by atoms with Gasteiger partial charge < -0.3 is 15.0 Å². The Morgan fingerprint density at radius 3 is 2.66 bits per heavy atom. The molecule has 0 radical (unpaired) electrons. The number of pyridine rings is 2. The van der Waals surface area contributed by atoms with Crippen molar-refractivity contribution in [1.82, 2.24) is 24.6 Å². The van der Waals surface area contributed by atoms with Gasteiger partial charge in [0.2, 0.25) is 0 Å². The SMILES string of the molecule is CC(C)n1cc(-c2cnc3cnc(NC(=O)c4cccc(OC5CCN(C)CC5)c4)cc3c2)cn1. The average molecular weight is 471 g/mol. The van der Waals surface area contributed by atoms with Crippen molar-refractivity contribution >= 4 is 22.6 Å². The number of amides is 1. The summed E-state index contributed by atoms with van der Waals surface area (Å²) in [5, 5.41) is 8.22. The number of carbonyl (C=O) groups is 1. The monoisotopic (exact) mass is 470 g/mol. The van der Waals surface area contributed by atoms with Gasteiger partial charge in [-0.15, -0.1) is 0 Å². The van der Waals surface area contributed by atoms with E-state index in [1.54, 1.807) is 18.3 Å². The summed E-state index contributed by atoms with van der Waals surface area (Å²) >= 11 is 0. The van der Waals surface area contributed by atoms with Crippen molar-refractivity contribution < 1.29 is 9.53 Å². The van der Waals surface area contributed by atoms with Crippen LogP contribution in [0.25, 0.3) is 22.0 Å². The zero-order valence-electron chi connectivity index (χ0n) is 20.3. The number of nitrogens with zero attached hydrogens (tertiary/aromatic N) is 5. The molecule has 1 aliphatic heterocycles. The van der Waals surface area contributed by atoms with Crippen LogP contribution in [0.5, 0.6) is 5.75 Å². The lowest BCUT2D eigenvalue weighted by atomic mass is 10.1. The van der Waals surface area contributed by atoms with E-state index in [1.165, 1.54) is 0 Å². The highest BCUT2D eigenvalue weighted by Gasteiger charge is 2.18. The third-order valence-corrected chi connectivity index (χ3v) is 6.34. The normalized spacial score (nSPS) is 15.0. The van der Waals surface area contributed by atoms with Gasteiger partial charge in [0.1, 0.15) is 17.7 Å². The van der Waals surface area contributed by atoms with Gasteiger partial charge in [0, 0.05) is 53.6 Å². The van der Waals surface area contributed by atoms with Crippen molar-refractivity contribution in [2.45, 2.75) is 38.8 Å². The topological polar surface area (TPSA) is 85.2 Å². The Labute approximate surface area is 205 Å². The number of hydrogen-bond donors (Lipinski definition) is 1. The number of fused-ring (bicyclic) bond motifs is 1. The van der Waals surface area contributed by atoms with Crippen LogP contribution in [0.4, 0.5) is 5.82 Å². The molecule has 1 amide bonds. The van der Waals surface area contributed by atoms with E-state index in [4.69, 9.17) is 4.74 Å². The minimum atomic E-state index is -0.229. The first-order chi connectivity index (χ1) is 16.9. The molecule has 35 heavy (non-hydrogen) atoms. The van der Waals surface area contributed by atoms with Crippen molar-refractivity contribution in [1.29, 1.82) is 0 Å². The van der Waals surface area contributed by atoms with E-state index in [1.807, 2.05) is 47.5 Å². The number of nitrogens with one attached hydrogen (secondary N) is 1. The lowest BCUT2D eigenvalue weighted by Crippen LogP contribution is -2.35. The van der Waals surface area contributed by atoms with Gasteiger partial charge in [-0.3, -0.25) is 14.5 Å². The number of ether oxygens (including phenoxy) is 1. The summed E-state index contributed by atoms with van der Waals surface area (Å²) in [5.41, 5.74) is 3.25. The van der Waals surface area contributed by atoms with Crippen LogP contribution in [-0.4, -0.2) is 56.8 Å². The Kier molecular flexibility index (Phi) is 6.46. The van der Waals surface area contributed by atoms with Gasteiger partial charge >= 0.3 is 0 Å². The molecule has 0 bridgehead atoms. The van der Waals surface area contributed by atoms with E-state index >= 15 is 0 Å². The molecule has 0 spiro atoms. The molecule has 3 aromatic heterocycles. The molecule has 4 heterocycles. The summed E-state index contributed by atoms with van der Waals surface area (Å²) in [4.78, 5) is 24.2. The molecule has 4 aromatic rings. The van der Waals surface area contributed by atoms with Crippen LogP contribution in [0.2, 0.25) is 0 Å². The maximum absolute atomic E-state index is 13.0. The Bertz CT molecular complexity index is 1340. The third-order valence-electron chi connectivity index (χ3n) is 6.34. The fraction of sp³-hybridized carbons (Fsp3) is 0.333. The quantitative estimate of drug-likeness (QED) is 0.436. The number of likely N-dealkylation sites (tertiary alicyclic amines) is 1. The van der Waals surface area contributed by atoms with Crippen molar-refractivity contribution in [3.05, 3.63) is 66.7 Å². The fourth-order valence-corrected chi connectivity index (χ4v) is 4.22. The average Bonchev–Trinajstić information content (AvgIpc) is 3.36. The molecule has 0 aliphatic carbocycles. The smallest absolute Gasteiger partial charge is 0.256 e. The largest absolute Gasteiger partial charge is 0.490 e. The van der Waals surface area contributed by atoms with E-state index in [0.717, 1.165) is 53.7 Å². The maximum Gasteiger partial charge on any atom is 0.256 e. The molecule has 8 nitrogen and oxygen atoms in total. The molecule has 0 unspecified atom stereocenters. The Morgan fingerprint density at radius 1 is 1.06 bits per heavy atom. The summed E-state index contributed by atoms with van der Waals surface area (Å²) < 4.78 is 8.06. The highest BCUT2D eigenvalue weighted by molar-refractivity contribution is 6.04. The van der Waals surface area contributed by atoms with Crippen LogP contribution in [0.3, 0.4) is 0 Å². The number of piperidine rings is 1. The second-order valence-corrected chi connectivity index (χ2v) is 9.39. The summed E-state index contributed by atoms with van der Waals surface area (Å²) in [6.07, 6.45) is 9.50. The van der Waals surface area contributed by atoms with Gasteiger partial charge in [-0.2, -0.15) is 5.10 Å². The van der Waals surface area contributed by atoms with Gasteiger partial charge in [-0.25, -0.2) is 4.98 Å². The zero-order chi connectivity index (χ0) is 24.4. The van der Waals surface area contributed by atoms with Crippen LogP contribution in [0, 0.1) is 0 Å². The standard InChI is InChI=1S/C27H30N6O2/c1-18(2)33-17-22(15-30-33)21-11-20-13-26(29-16-25(20)28-14-21)31-27(34)19-5-4-6-24(12-19)35-23-7-9-32(3)10-8-23/h4-6,11-18,23H,7-10H2,1-3H3,(H,29,31,34). The van der Waals surface area contributed by atoms with Crippen LogP contribution < -0.4 is 10.1 Å². The molecular weight excluding hydrogens is 440 g/mol. The van der Waals surface area contributed by atoms with E-state index in [2.05, 4.69) is 46.2 Å². The van der Waals surface area contributed by atoms with Crippen LogP contribution in [-0.2, 0) is 0 Å². The summed E-state index contributed by atoms with van der Waals surface area (Å²) in [6, 6.07) is 11.5. The molecule has 0 atom stereocenters. The van der Waals surface area contributed by atoms with Crippen LogP contribution in [0.15, 0.2) is 61.2 Å². The van der Waals surface area contributed by atoms with Crippen molar-refractivity contribution in [3.63, 3.8) is 0 Å². The number of anilines is 1. The Balaban J connectivity index is 1.31. The summed E-state index contributed by atoms with van der Waals surface area (Å²) in [6.45, 7) is 6.23. The van der Waals surface area contributed by atoms with E-state index < -0.39 is 0 Å². The Hall–Kier alpha value is -3.78. The van der Waals surface area contributed by atoms with Gasteiger partial charge in [0.15, 0.2) is 0 Å². The number of hydrogen-bond acceptors (Lipinski definition) is 6. The second kappa shape index (κ2) is 9.84. The molecule has 1 aliphatic rings. The molecule has 1 N–H and O–H groups in total. The molecule has 1 aromatic carbocycles. The number of rotatable bonds is 6. The van der Waals surface area contributed by atoms with E-state index in [0.29, 0.717) is 11.4 Å². The lowest BCUT2D eigenvalue weighted by Gasteiger charge is -2.29. The van der Waals surface area contributed by atoms with Crippen molar-refractivity contribution in [2.75, 3.05) is 25.5 Å². The fourth-order valence-electron chi connectivity index (χ4n) is 4.22. The molecule has 1 saturated heterocycles. The number of aromatic nitrogens is 4.